The van der Waals surface area contributed by atoms with E-state index in [0.29, 0.717) is 18.7 Å². The fraction of sp³-hybridized carbons (Fsp3) is 0.455. The van der Waals surface area contributed by atoms with E-state index in [2.05, 4.69) is 5.32 Å². The van der Waals surface area contributed by atoms with Crippen molar-refractivity contribution < 1.29 is 22.0 Å². The summed E-state index contributed by atoms with van der Waals surface area (Å²) in [5, 5.41) is 2.76. The first kappa shape index (κ1) is 12.3. The van der Waals surface area contributed by atoms with E-state index in [1.807, 2.05) is 0 Å². The van der Waals surface area contributed by atoms with Crippen LogP contribution in [0.2, 0.25) is 0 Å². The third kappa shape index (κ3) is 2.26. The van der Waals surface area contributed by atoms with Crippen molar-refractivity contribution in [2.24, 2.45) is 0 Å². The Morgan fingerprint density at radius 2 is 1.94 bits per heavy atom. The molecule has 0 radical (unpaired) electrons. The van der Waals surface area contributed by atoms with Gasteiger partial charge in [-0.05, 0) is 30.7 Å². The molecule has 1 aliphatic heterocycles. The van der Waals surface area contributed by atoms with Gasteiger partial charge in [-0.1, -0.05) is 6.07 Å². The summed E-state index contributed by atoms with van der Waals surface area (Å²) in [6, 6.07) is 2.22. The average Bonchev–Trinajstić information content (AvgIpc) is 2.64. The first-order chi connectivity index (χ1) is 7.83. The summed E-state index contributed by atoms with van der Waals surface area (Å²) in [7, 11) is 0. The van der Waals surface area contributed by atoms with Crippen LogP contribution in [0.5, 0.6) is 0 Å². The molecule has 1 nitrogen and oxygen atoms in total. The van der Waals surface area contributed by atoms with Gasteiger partial charge in [0.15, 0.2) is 0 Å². The molecule has 94 valence electrons. The van der Waals surface area contributed by atoms with Crippen LogP contribution in [0.4, 0.5) is 22.0 Å². The van der Waals surface area contributed by atoms with Crippen LogP contribution in [0.3, 0.4) is 0 Å². The second-order valence-electron chi connectivity index (χ2n) is 4.08. The van der Waals surface area contributed by atoms with E-state index in [0.717, 1.165) is 6.07 Å². The largest absolute Gasteiger partial charge is 0.419 e. The molecule has 1 aromatic carbocycles. The molecule has 1 N–H and O–H groups in total. The molecule has 0 saturated carbocycles. The zero-order valence-corrected chi connectivity index (χ0v) is 8.74. The molecule has 1 unspecified atom stereocenters. The highest BCUT2D eigenvalue weighted by Crippen LogP contribution is 2.36. The van der Waals surface area contributed by atoms with Gasteiger partial charge in [-0.15, -0.1) is 0 Å². The van der Waals surface area contributed by atoms with E-state index >= 15 is 0 Å². The number of rotatable bonds is 1. The van der Waals surface area contributed by atoms with Gasteiger partial charge in [0.25, 0.3) is 0 Å². The number of hydrogen-bond acceptors (Lipinski definition) is 1. The fourth-order valence-electron chi connectivity index (χ4n) is 1.93. The van der Waals surface area contributed by atoms with Crippen LogP contribution in [-0.2, 0) is 11.8 Å². The topological polar surface area (TPSA) is 12.0 Å². The van der Waals surface area contributed by atoms with Gasteiger partial charge in [0.1, 0.15) is 11.5 Å². The van der Waals surface area contributed by atoms with Crippen LogP contribution in [0, 0.1) is 5.82 Å². The number of halogens is 5. The van der Waals surface area contributed by atoms with Gasteiger partial charge < -0.3 is 5.32 Å². The molecule has 0 spiro atoms. The number of hydrogen-bond donors (Lipinski definition) is 1. The molecule has 17 heavy (non-hydrogen) atoms. The second kappa shape index (κ2) is 3.94. The van der Waals surface area contributed by atoms with Crippen molar-refractivity contribution in [3.63, 3.8) is 0 Å². The first-order valence-electron chi connectivity index (χ1n) is 5.10. The van der Waals surface area contributed by atoms with Crippen molar-refractivity contribution in [2.45, 2.75) is 18.3 Å². The van der Waals surface area contributed by atoms with Gasteiger partial charge in [-0.25, -0.2) is 8.78 Å². The predicted octanol–water partition coefficient (Wildman–Crippen LogP) is 3.00. The number of nitrogens with one attached hydrogen (secondary N) is 1. The lowest BCUT2D eigenvalue weighted by atomic mass is 9.94. The standard InChI is InChI=1S/C11H10F5N/c12-9-5-7(10(13)3-4-17-6-10)1-2-8(9)11(14,15)16/h1-2,5,17H,3-4,6H2. The normalized spacial score (nSPS) is 25.2. The SMILES string of the molecule is Fc1cc(C2(F)CCNC2)ccc1C(F)(F)F. The summed E-state index contributed by atoms with van der Waals surface area (Å²) in [6.45, 7) is 0.428. The summed E-state index contributed by atoms with van der Waals surface area (Å²) in [6.07, 6.45) is -4.61. The summed E-state index contributed by atoms with van der Waals surface area (Å²) >= 11 is 0. The van der Waals surface area contributed by atoms with Crippen LogP contribution in [0.25, 0.3) is 0 Å². The summed E-state index contributed by atoms with van der Waals surface area (Å²) in [5.41, 5.74) is -3.19. The third-order valence-corrected chi connectivity index (χ3v) is 2.90. The van der Waals surface area contributed by atoms with E-state index in [1.165, 1.54) is 0 Å². The zero-order valence-electron chi connectivity index (χ0n) is 8.74. The maximum atomic E-state index is 14.1. The Morgan fingerprint density at radius 3 is 2.41 bits per heavy atom. The van der Waals surface area contributed by atoms with Gasteiger partial charge in [0.2, 0.25) is 0 Å². The lowest BCUT2D eigenvalue weighted by Crippen LogP contribution is -2.24. The Hall–Kier alpha value is -1.17. The van der Waals surface area contributed by atoms with Crippen LogP contribution < -0.4 is 5.32 Å². The first-order valence-corrected chi connectivity index (χ1v) is 5.10. The van der Waals surface area contributed by atoms with Gasteiger partial charge in [-0.2, -0.15) is 13.2 Å². The molecule has 0 aliphatic carbocycles. The molecule has 0 aromatic heterocycles. The lowest BCUT2D eigenvalue weighted by molar-refractivity contribution is -0.140. The minimum atomic E-state index is -4.75. The van der Waals surface area contributed by atoms with Crippen LogP contribution in [0.1, 0.15) is 17.5 Å². The second-order valence-corrected chi connectivity index (χ2v) is 4.08. The maximum absolute atomic E-state index is 14.1. The van der Waals surface area contributed by atoms with Crippen molar-refractivity contribution >= 4 is 0 Å². The van der Waals surface area contributed by atoms with Gasteiger partial charge in [0.05, 0.1) is 5.56 Å². The third-order valence-electron chi connectivity index (χ3n) is 2.90. The van der Waals surface area contributed by atoms with Gasteiger partial charge in [0, 0.05) is 6.54 Å². The molecular weight excluding hydrogens is 241 g/mol. The van der Waals surface area contributed by atoms with Crippen LogP contribution in [0.15, 0.2) is 18.2 Å². The molecule has 1 aliphatic rings. The van der Waals surface area contributed by atoms with Crippen molar-refractivity contribution in [3.05, 3.63) is 35.1 Å². The minimum Gasteiger partial charge on any atom is -0.313 e. The summed E-state index contributed by atoms with van der Waals surface area (Å²) < 4.78 is 64.3. The van der Waals surface area contributed by atoms with E-state index in [-0.39, 0.29) is 18.5 Å². The van der Waals surface area contributed by atoms with Crippen LogP contribution in [-0.4, -0.2) is 13.1 Å². The van der Waals surface area contributed by atoms with Gasteiger partial charge in [-0.3, -0.25) is 0 Å². The monoisotopic (exact) mass is 251 g/mol. The van der Waals surface area contributed by atoms with Gasteiger partial charge >= 0.3 is 6.18 Å². The maximum Gasteiger partial charge on any atom is 0.419 e. The number of alkyl halides is 4. The molecule has 6 heteroatoms. The fourth-order valence-corrected chi connectivity index (χ4v) is 1.93. The molecular formula is C11H10F5N. The molecule has 0 bridgehead atoms. The van der Waals surface area contributed by atoms with E-state index in [1.54, 1.807) is 0 Å². The Kier molecular flexibility index (Phi) is 2.85. The quantitative estimate of drug-likeness (QED) is 0.756. The van der Waals surface area contributed by atoms with E-state index in [4.69, 9.17) is 0 Å². The highest BCUT2D eigenvalue weighted by molar-refractivity contribution is 5.31. The van der Waals surface area contributed by atoms with Crippen LogP contribution >= 0.6 is 0 Å². The molecule has 1 fully saturated rings. The molecule has 1 atom stereocenters. The Morgan fingerprint density at radius 1 is 1.24 bits per heavy atom. The average molecular weight is 251 g/mol. The van der Waals surface area contributed by atoms with Crippen molar-refractivity contribution in [1.29, 1.82) is 0 Å². The van der Waals surface area contributed by atoms with Crippen molar-refractivity contribution in [1.82, 2.24) is 5.32 Å². The Labute approximate surface area is 94.6 Å². The molecule has 1 saturated heterocycles. The summed E-state index contributed by atoms with van der Waals surface area (Å²) in [5.74, 6) is -1.43. The van der Waals surface area contributed by atoms with Crippen molar-refractivity contribution in [2.75, 3.05) is 13.1 Å². The smallest absolute Gasteiger partial charge is 0.313 e. The van der Waals surface area contributed by atoms with Crippen molar-refractivity contribution in [3.8, 4) is 0 Å². The highest BCUT2D eigenvalue weighted by atomic mass is 19.4. The molecule has 0 amide bonds. The van der Waals surface area contributed by atoms with E-state index in [9.17, 15) is 22.0 Å². The molecule has 1 aromatic rings. The van der Waals surface area contributed by atoms with E-state index < -0.39 is 23.2 Å². The highest BCUT2D eigenvalue weighted by Gasteiger charge is 2.38. The zero-order chi connectivity index (χ0) is 12.7. The molecule has 1 heterocycles. The lowest BCUT2D eigenvalue weighted by Gasteiger charge is -2.19. The minimum absolute atomic E-state index is 0.00218. The summed E-state index contributed by atoms with van der Waals surface area (Å²) in [4.78, 5) is 0. The number of benzene rings is 1. The Balaban J connectivity index is 2.37. The Bertz CT molecular complexity index is 420. The predicted molar refractivity (Wildman–Crippen MR) is 51.7 cm³/mol. The molecule has 2 rings (SSSR count).